The molecule has 1 rings (SSSR count). The Morgan fingerprint density at radius 1 is 1.47 bits per heavy atom. The maximum Gasteiger partial charge on any atom is 0.277 e. The Bertz CT molecular complexity index is 311. The average molecular weight is 233 g/mol. The summed E-state index contributed by atoms with van der Waals surface area (Å²) in [6.45, 7) is 4.59. The van der Waals surface area contributed by atoms with E-state index < -0.39 is 10.2 Å². The van der Waals surface area contributed by atoms with Crippen molar-refractivity contribution in [3.8, 4) is 0 Å². The van der Waals surface area contributed by atoms with Crippen LogP contribution in [0.3, 0.4) is 0 Å². The molecule has 5 nitrogen and oxygen atoms in total. The molecule has 0 aromatic heterocycles. The molecule has 0 unspecified atom stereocenters. The second-order valence-corrected chi connectivity index (χ2v) is 5.12. The van der Waals surface area contributed by atoms with Gasteiger partial charge in [-0.3, -0.25) is 0 Å². The van der Waals surface area contributed by atoms with Crippen molar-refractivity contribution in [2.24, 2.45) is 0 Å². The largest absolute Gasteiger partial charge is 0.313 e. The smallest absolute Gasteiger partial charge is 0.277 e. The number of nitrogens with one attached hydrogen (secondary N) is 3. The van der Waals surface area contributed by atoms with Gasteiger partial charge in [-0.1, -0.05) is 18.6 Å². The predicted octanol–water partition coefficient (Wildman–Crippen LogP) is -0.260. The molecule has 0 spiro atoms. The molecule has 88 valence electrons. The Morgan fingerprint density at radius 2 is 2.27 bits per heavy atom. The Balaban J connectivity index is 2.31. The van der Waals surface area contributed by atoms with Crippen molar-refractivity contribution in [3.63, 3.8) is 0 Å². The molecule has 0 atom stereocenters. The van der Waals surface area contributed by atoms with Crippen LogP contribution in [0.25, 0.3) is 0 Å². The molecule has 6 heteroatoms. The van der Waals surface area contributed by atoms with Gasteiger partial charge in [0, 0.05) is 19.6 Å². The van der Waals surface area contributed by atoms with E-state index >= 15 is 0 Å². The van der Waals surface area contributed by atoms with Crippen molar-refractivity contribution in [1.82, 2.24) is 14.8 Å². The summed E-state index contributed by atoms with van der Waals surface area (Å²) < 4.78 is 27.7. The fraction of sp³-hybridized carbons (Fsp3) is 0.778. The lowest BCUT2D eigenvalue weighted by Crippen LogP contribution is -2.38. The lowest BCUT2D eigenvalue weighted by molar-refractivity contribution is 0.566. The highest BCUT2D eigenvalue weighted by Gasteiger charge is 2.09. The minimum absolute atomic E-state index is 0.417. The Hall–Kier alpha value is -0.430. The molecular weight excluding hydrogens is 214 g/mol. The summed E-state index contributed by atoms with van der Waals surface area (Å²) in [5.41, 5.74) is 1.15. The van der Waals surface area contributed by atoms with E-state index in [4.69, 9.17) is 0 Å². The van der Waals surface area contributed by atoms with E-state index in [-0.39, 0.29) is 0 Å². The van der Waals surface area contributed by atoms with Crippen LogP contribution in [-0.2, 0) is 10.2 Å². The van der Waals surface area contributed by atoms with Crippen LogP contribution in [0.1, 0.15) is 19.8 Å². The maximum atomic E-state index is 11.4. The first-order valence-corrected chi connectivity index (χ1v) is 6.75. The number of hydrogen-bond acceptors (Lipinski definition) is 3. The molecule has 0 aliphatic carbocycles. The highest BCUT2D eigenvalue weighted by atomic mass is 32.2. The van der Waals surface area contributed by atoms with E-state index in [0.717, 1.165) is 31.5 Å². The fourth-order valence-corrected chi connectivity index (χ4v) is 2.26. The normalized spacial score (nSPS) is 17.5. The first-order valence-electron chi connectivity index (χ1n) is 5.27. The molecule has 0 radical (unpaired) electrons. The molecule has 0 aromatic rings. The van der Waals surface area contributed by atoms with Gasteiger partial charge in [0.2, 0.25) is 0 Å². The zero-order valence-corrected chi connectivity index (χ0v) is 9.86. The number of rotatable bonds is 6. The van der Waals surface area contributed by atoms with Gasteiger partial charge in [0.15, 0.2) is 0 Å². The van der Waals surface area contributed by atoms with Gasteiger partial charge < -0.3 is 5.32 Å². The third-order valence-corrected chi connectivity index (χ3v) is 3.30. The lowest BCUT2D eigenvalue weighted by atomic mass is 10.1. The zero-order chi connectivity index (χ0) is 11.1. The van der Waals surface area contributed by atoms with Crippen molar-refractivity contribution >= 4 is 10.2 Å². The maximum absolute atomic E-state index is 11.4. The van der Waals surface area contributed by atoms with Gasteiger partial charge >= 0.3 is 0 Å². The SMILES string of the molecule is CCCNS(=O)(=O)NCC1=CCNCC1. The minimum atomic E-state index is -3.30. The molecule has 0 saturated heterocycles. The Labute approximate surface area is 91.5 Å². The second kappa shape index (κ2) is 6.22. The van der Waals surface area contributed by atoms with Crippen molar-refractivity contribution in [2.75, 3.05) is 26.2 Å². The van der Waals surface area contributed by atoms with Gasteiger partial charge in [-0.15, -0.1) is 0 Å². The molecule has 1 aliphatic rings. The third-order valence-electron chi connectivity index (χ3n) is 2.19. The monoisotopic (exact) mass is 233 g/mol. The standard InChI is InChI=1S/C9H19N3O2S/c1-2-5-11-15(13,14)12-8-9-3-6-10-7-4-9/h3,10-12H,2,4-8H2,1H3. The van der Waals surface area contributed by atoms with Gasteiger partial charge in [-0.2, -0.15) is 13.1 Å². The van der Waals surface area contributed by atoms with Crippen LogP contribution >= 0.6 is 0 Å². The van der Waals surface area contributed by atoms with E-state index in [1.807, 2.05) is 13.0 Å². The molecule has 0 amide bonds. The van der Waals surface area contributed by atoms with Gasteiger partial charge in [0.1, 0.15) is 0 Å². The fourth-order valence-electron chi connectivity index (χ4n) is 1.31. The highest BCUT2D eigenvalue weighted by molar-refractivity contribution is 7.87. The van der Waals surface area contributed by atoms with Crippen LogP contribution in [-0.4, -0.2) is 34.6 Å². The van der Waals surface area contributed by atoms with Crippen LogP contribution in [0.15, 0.2) is 11.6 Å². The summed E-state index contributed by atoms with van der Waals surface area (Å²) in [5.74, 6) is 0. The minimum Gasteiger partial charge on any atom is -0.313 e. The van der Waals surface area contributed by atoms with Crippen molar-refractivity contribution < 1.29 is 8.42 Å². The first-order chi connectivity index (χ1) is 7.14. The number of hydrogen-bond donors (Lipinski definition) is 3. The summed E-state index contributed by atoms with van der Waals surface area (Å²) in [5, 5.41) is 3.18. The van der Waals surface area contributed by atoms with E-state index in [2.05, 4.69) is 14.8 Å². The molecule has 1 heterocycles. The summed E-state index contributed by atoms with van der Waals surface area (Å²) >= 11 is 0. The van der Waals surface area contributed by atoms with Gasteiger partial charge in [0.05, 0.1) is 0 Å². The molecule has 3 N–H and O–H groups in total. The Morgan fingerprint density at radius 3 is 2.87 bits per heavy atom. The zero-order valence-electron chi connectivity index (χ0n) is 9.04. The van der Waals surface area contributed by atoms with E-state index in [9.17, 15) is 8.42 Å². The summed E-state index contributed by atoms with van der Waals surface area (Å²) in [7, 11) is -3.30. The summed E-state index contributed by atoms with van der Waals surface area (Å²) in [4.78, 5) is 0. The molecule has 1 aliphatic heterocycles. The highest BCUT2D eigenvalue weighted by Crippen LogP contribution is 2.02. The van der Waals surface area contributed by atoms with Crippen LogP contribution in [0.4, 0.5) is 0 Å². The molecule has 0 fully saturated rings. The van der Waals surface area contributed by atoms with Crippen LogP contribution in [0.2, 0.25) is 0 Å². The first kappa shape index (κ1) is 12.6. The molecule has 0 saturated carbocycles. The van der Waals surface area contributed by atoms with Gasteiger partial charge in [-0.25, -0.2) is 4.72 Å². The van der Waals surface area contributed by atoms with Crippen molar-refractivity contribution in [3.05, 3.63) is 11.6 Å². The topological polar surface area (TPSA) is 70.2 Å². The van der Waals surface area contributed by atoms with Crippen LogP contribution in [0, 0.1) is 0 Å². The van der Waals surface area contributed by atoms with Crippen molar-refractivity contribution in [1.29, 1.82) is 0 Å². The van der Waals surface area contributed by atoms with Crippen molar-refractivity contribution in [2.45, 2.75) is 19.8 Å². The molecule has 0 bridgehead atoms. The molecule has 15 heavy (non-hydrogen) atoms. The van der Waals surface area contributed by atoms with E-state index in [1.54, 1.807) is 0 Å². The van der Waals surface area contributed by atoms with E-state index in [1.165, 1.54) is 0 Å². The van der Waals surface area contributed by atoms with Crippen LogP contribution in [0.5, 0.6) is 0 Å². The molecular formula is C9H19N3O2S. The quantitative estimate of drug-likeness (QED) is 0.554. The van der Waals surface area contributed by atoms with Crippen LogP contribution < -0.4 is 14.8 Å². The molecule has 0 aromatic carbocycles. The van der Waals surface area contributed by atoms with Gasteiger partial charge in [-0.05, 0) is 19.4 Å². The van der Waals surface area contributed by atoms with Gasteiger partial charge in [0.25, 0.3) is 10.2 Å². The predicted molar refractivity (Wildman–Crippen MR) is 60.8 cm³/mol. The summed E-state index contributed by atoms with van der Waals surface area (Å²) in [6.07, 6.45) is 3.75. The average Bonchev–Trinajstić information content (AvgIpc) is 2.25. The lowest BCUT2D eigenvalue weighted by Gasteiger charge is -2.14. The van der Waals surface area contributed by atoms with E-state index in [0.29, 0.717) is 13.1 Å². The third kappa shape index (κ3) is 5.27. The Kier molecular flexibility index (Phi) is 5.24. The second-order valence-electron chi connectivity index (χ2n) is 3.54. The summed E-state index contributed by atoms with van der Waals surface area (Å²) in [6, 6.07) is 0.